The van der Waals surface area contributed by atoms with Gasteiger partial charge in [0.05, 0.1) is 33.5 Å². The van der Waals surface area contributed by atoms with Crippen LogP contribution in [0.25, 0.3) is 0 Å². The standard InChI is InChI=1S/C27H35N3O7S/c1-28-14-13-21-23(35-15-17-5-9-19(33-3)10-6-17)24(36-16-18-7-11-20(34-4)12-8-18)22-25(37-21)38-26(29-22)30(2)27(31)32/h5-12,21-25,28H,13-16H2,1-4H3,(H,31,32)/t21-,22-,23-,24-,25-/m1/s1. The minimum atomic E-state index is -1.08. The van der Waals surface area contributed by atoms with Crippen molar-refractivity contribution in [1.82, 2.24) is 10.2 Å². The van der Waals surface area contributed by atoms with Crippen molar-refractivity contribution in [2.45, 2.75) is 49.4 Å². The Kier molecular flexibility index (Phi) is 9.86. The highest BCUT2D eigenvalue weighted by atomic mass is 32.2. The van der Waals surface area contributed by atoms with Gasteiger partial charge in [-0.2, -0.15) is 0 Å². The van der Waals surface area contributed by atoms with Crippen molar-refractivity contribution in [3.8, 4) is 11.5 Å². The van der Waals surface area contributed by atoms with Crippen molar-refractivity contribution in [3.05, 3.63) is 59.7 Å². The van der Waals surface area contributed by atoms with Crippen LogP contribution in [0.15, 0.2) is 53.5 Å². The molecule has 0 bridgehead atoms. The molecule has 1 amide bonds. The van der Waals surface area contributed by atoms with Gasteiger partial charge in [-0.15, -0.1) is 0 Å². The average Bonchev–Trinajstić information content (AvgIpc) is 3.37. The molecule has 2 aromatic rings. The number of nitrogens with one attached hydrogen (secondary N) is 1. The van der Waals surface area contributed by atoms with E-state index in [1.807, 2.05) is 55.6 Å². The first-order valence-electron chi connectivity index (χ1n) is 12.4. The molecule has 1 fully saturated rings. The molecule has 0 radical (unpaired) electrons. The number of ether oxygens (including phenoxy) is 5. The van der Waals surface area contributed by atoms with Crippen LogP contribution in [0.5, 0.6) is 11.5 Å². The van der Waals surface area contributed by atoms with E-state index in [0.717, 1.165) is 34.1 Å². The molecular weight excluding hydrogens is 510 g/mol. The van der Waals surface area contributed by atoms with E-state index in [9.17, 15) is 9.90 Å². The summed E-state index contributed by atoms with van der Waals surface area (Å²) >= 11 is 1.31. The Bertz CT molecular complexity index is 1080. The van der Waals surface area contributed by atoms with E-state index in [-0.39, 0.29) is 11.5 Å². The first kappa shape index (κ1) is 28.2. The highest BCUT2D eigenvalue weighted by Crippen LogP contribution is 2.40. The molecule has 2 aromatic carbocycles. The summed E-state index contributed by atoms with van der Waals surface area (Å²) in [7, 11) is 6.64. The van der Waals surface area contributed by atoms with Crippen molar-refractivity contribution >= 4 is 23.0 Å². The summed E-state index contributed by atoms with van der Waals surface area (Å²) in [6, 6.07) is 15.0. The summed E-state index contributed by atoms with van der Waals surface area (Å²) in [4.78, 5) is 17.5. The van der Waals surface area contributed by atoms with E-state index in [1.165, 1.54) is 18.8 Å². The van der Waals surface area contributed by atoms with Crippen molar-refractivity contribution in [1.29, 1.82) is 0 Å². The molecule has 4 rings (SSSR count). The Labute approximate surface area is 227 Å². The average molecular weight is 546 g/mol. The molecule has 0 aliphatic carbocycles. The van der Waals surface area contributed by atoms with Crippen LogP contribution >= 0.6 is 11.8 Å². The maximum Gasteiger partial charge on any atom is 0.413 e. The van der Waals surface area contributed by atoms with Gasteiger partial charge >= 0.3 is 6.09 Å². The van der Waals surface area contributed by atoms with Crippen LogP contribution < -0.4 is 14.8 Å². The minimum Gasteiger partial charge on any atom is -0.497 e. The van der Waals surface area contributed by atoms with Gasteiger partial charge in [-0.05, 0) is 55.4 Å². The lowest BCUT2D eigenvalue weighted by Crippen LogP contribution is -2.57. The number of amidine groups is 1. The van der Waals surface area contributed by atoms with Gasteiger partial charge in [0.2, 0.25) is 0 Å². The summed E-state index contributed by atoms with van der Waals surface area (Å²) < 4.78 is 30.0. The number of carbonyl (C=O) groups is 1. The molecule has 5 atom stereocenters. The van der Waals surface area contributed by atoms with Crippen LogP contribution in [-0.2, 0) is 27.4 Å². The fourth-order valence-corrected chi connectivity index (χ4v) is 5.56. The Morgan fingerprint density at radius 1 is 1.00 bits per heavy atom. The Balaban J connectivity index is 1.59. The largest absolute Gasteiger partial charge is 0.497 e. The topological polar surface area (TPSA) is 111 Å². The quantitative estimate of drug-likeness (QED) is 0.438. The summed E-state index contributed by atoms with van der Waals surface area (Å²) in [6.07, 6.45) is -1.54. The van der Waals surface area contributed by atoms with E-state index in [2.05, 4.69) is 5.32 Å². The smallest absolute Gasteiger partial charge is 0.413 e. The fourth-order valence-electron chi connectivity index (χ4n) is 4.38. The molecule has 2 aliphatic rings. The minimum absolute atomic E-state index is 0.278. The third kappa shape index (κ3) is 6.78. The SMILES string of the molecule is CNCC[C@H]1O[C@@H]2SC(N(C)C(=O)O)=N[C@@H]2[C@@H](OCc2ccc(OC)cc2)[C@@H]1OCc1ccc(OC)cc1. The van der Waals surface area contributed by atoms with E-state index < -0.39 is 24.3 Å². The molecule has 38 heavy (non-hydrogen) atoms. The van der Waals surface area contributed by atoms with Crippen molar-refractivity contribution in [3.63, 3.8) is 0 Å². The first-order chi connectivity index (χ1) is 18.4. The Morgan fingerprint density at radius 2 is 1.55 bits per heavy atom. The lowest BCUT2D eigenvalue weighted by atomic mass is 9.95. The Hall–Kier alpha value is -2.83. The van der Waals surface area contributed by atoms with Crippen LogP contribution in [0.4, 0.5) is 4.79 Å². The zero-order valence-electron chi connectivity index (χ0n) is 22.0. The molecule has 2 aliphatic heterocycles. The fraction of sp³-hybridized carbons (Fsp3) is 0.481. The summed E-state index contributed by atoms with van der Waals surface area (Å²) in [5.41, 5.74) is 1.59. The van der Waals surface area contributed by atoms with Crippen LogP contribution in [-0.4, -0.2) is 85.9 Å². The third-order valence-electron chi connectivity index (χ3n) is 6.55. The lowest BCUT2D eigenvalue weighted by Gasteiger charge is -2.43. The second-order valence-electron chi connectivity index (χ2n) is 9.04. The number of hydrogen-bond donors (Lipinski definition) is 2. The van der Waals surface area contributed by atoms with Gasteiger partial charge in [-0.3, -0.25) is 9.89 Å². The van der Waals surface area contributed by atoms with Crippen molar-refractivity contribution in [2.75, 3.05) is 34.9 Å². The molecule has 11 heteroatoms. The predicted octanol–water partition coefficient (Wildman–Crippen LogP) is 3.59. The number of nitrogens with zero attached hydrogens (tertiary/aromatic N) is 2. The molecule has 0 spiro atoms. The van der Waals surface area contributed by atoms with Gasteiger partial charge in [0.15, 0.2) is 5.17 Å². The number of amides is 1. The highest BCUT2D eigenvalue weighted by Gasteiger charge is 2.51. The highest BCUT2D eigenvalue weighted by molar-refractivity contribution is 8.14. The second-order valence-corrected chi connectivity index (χ2v) is 10.1. The van der Waals surface area contributed by atoms with Gasteiger partial charge in [0.1, 0.15) is 35.2 Å². The molecule has 1 saturated heterocycles. The monoisotopic (exact) mass is 545 g/mol. The van der Waals surface area contributed by atoms with Crippen LogP contribution in [0.2, 0.25) is 0 Å². The summed E-state index contributed by atoms with van der Waals surface area (Å²) in [6.45, 7) is 1.42. The number of aliphatic imine (C=N–C) groups is 1. The molecular formula is C27H35N3O7S. The molecule has 0 unspecified atom stereocenters. The number of benzene rings is 2. The maximum atomic E-state index is 11.6. The molecule has 2 heterocycles. The molecule has 0 aromatic heterocycles. The van der Waals surface area contributed by atoms with Gasteiger partial charge < -0.3 is 34.1 Å². The van der Waals surface area contributed by atoms with E-state index >= 15 is 0 Å². The lowest BCUT2D eigenvalue weighted by molar-refractivity contribution is -0.198. The van der Waals surface area contributed by atoms with E-state index in [4.69, 9.17) is 28.7 Å². The van der Waals surface area contributed by atoms with Gasteiger partial charge in [-0.1, -0.05) is 36.0 Å². The number of carboxylic acid groups (broad SMARTS) is 1. The van der Waals surface area contributed by atoms with Crippen molar-refractivity contribution < 1.29 is 33.6 Å². The van der Waals surface area contributed by atoms with Crippen LogP contribution in [0.3, 0.4) is 0 Å². The van der Waals surface area contributed by atoms with Gasteiger partial charge in [0.25, 0.3) is 0 Å². The third-order valence-corrected chi connectivity index (χ3v) is 7.76. The Morgan fingerprint density at radius 3 is 2.05 bits per heavy atom. The summed E-state index contributed by atoms with van der Waals surface area (Å²) in [5, 5.41) is 13.1. The first-order valence-corrected chi connectivity index (χ1v) is 13.3. The normalized spacial score (nSPS) is 24.4. The molecule has 2 N–H and O–H groups in total. The molecule has 10 nitrogen and oxygen atoms in total. The number of methoxy groups -OCH3 is 2. The summed E-state index contributed by atoms with van der Waals surface area (Å²) in [5.74, 6) is 1.54. The second kappa shape index (κ2) is 13.3. The molecule has 0 saturated carbocycles. The maximum absolute atomic E-state index is 11.6. The van der Waals surface area contributed by atoms with Crippen molar-refractivity contribution in [2.24, 2.45) is 4.99 Å². The number of fused-ring (bicyclic) bond motifs is 1. The van der Waals surface area contributed by atoms with Gasteiger partial charge in [-0.25, -0.2) is 4.79 Å². The molecule has 206 valence electrons. The zero-order chi connectivity index (χ0) is 27.1. The number of hydrogen-bond acceptors (Lipinski definition) is 9. The number of rotatable bonds is 11. The predicted molar refractivity (Wildman–Crippen MR) is 145 cm³/mol. The van der Waals surface area contributed by atoms with Crippen LogP contribution in [0.1, 0.15) is 17.5 Å². The van der Waals surface area contributed by atoms with E-state index in [0.29, 0.717) is 24.8 Å². The van der Waals surface area contributed by atoms with E-state index in [1.54, 1.807) is 14.2 Å². The zero-order valence-corrected chi connectivity index (χ0v) is 22.8. The van der Waals surface area contributed by atoms with Gasteiger partial charge in [0, 0.05) is 7.05 Å². The number of thioether (sulfide) groups is 1. The van der Waals surface area contributed by atoms with Crippen LogP contribution in [0, 0.1) is 0 Å².